The maximum atomic E-state index is 12.6. The summed E-state index contributed by atoms with van der Waals surface area (Å²) in [4.78, 5) is 17.3. The van der Waals surface area contributed by atoms with E-state index in [1.54, 1.807) is 12.1 Å². The highest BCUT2D eigenvalue weighted by Gasteiger charge is 2.60. The zero-order valence-corrected chi connectivity index (χ0v) is 16.6. The van der Waals surface area contributed by atoms with E-state index in [4.69, 9.17) is 0 Å². The topological polar surface area (TPSA) is 76.1 Å². The van der Waals surface area contributed by atoms with Crippen molar-refractivity contribution in [2.45, 2.75) is 32.6 Å². The Morgan fingerprint density at radius 2 is 2.00 bits per heavy atom. The summed E-state index contributed by atoms with van der Waals surface area (Å²) in [6.07, 6.45) is 3.33. The molecule has 2 aromatic rings. The second-order valence-corrected chi connectivity index (χ2v) is 10.5. The molecule has 2 unspecified atom stereocenters. The molecule has 1 aliphatic rings. The van der Waals surface area contributed by atoms with Crippen LogP contribution < -0.4 is 5.32 Å². The van der Waals surface area contributed by atoms with Crippen LogP contribution in [0.2, 0.25) is 0 Å². The zero-order chi connectivity index (χ0) is 18.6. The first-order chi connectivity index (χ1) is 11.5. The van der Waals surface area contributed by atoms with Gasteiger partial charge in [0.1, 0.15) is 0 Å². The third-order valence-corrected chi connectivity index (χ3v) is 6.77. The number of allylic oxidation sites excluding steroid dienone is 2. The summed E-state index contributed by atoms with van der Waals surface area (Å²) in [7, 11) is -3.26. The molecule has 25 heavy (non-hydrogen) atoms. The number of nitrogens with one attached hydrogen (secondary N) is 1. The molecule has 1 N–H and O–H groups in total. The number of hydrogen-bond acceptors (Lipinski definition) is 5. The summed E-state index contributed by atoms with van der Waals surface area (Å²) in [6, 6.07) is 4.81. The second-order valence-electron chi connectivity index (χ2n) is 7.48. The van der Waals surface area contributed by atoms with Crippen LogP contribution in [-0.2, 0) is 14.6 Å². The monoisotopic (exact) mass is 378 g/mol. The molecule has 1 aromatic carbocycles. The lowest BCUT2D eigenvalue weighted by molar-refractivity contribution is -0.118. The quantitative estimate of drug-likeness (QED) is 0.819. The number of benzene rings is 1. The van der Waals surface area contributed by atoms with Gasteiger partial charge in [-0.3, -0.25) is 4.79 Å². The minimum atomic E-state index is -3.26. The number of rotatable bonds is 4. The Morgan fingerprint density at radius 1 is 1.32 bits per heavy atom. The Morgan fingerprint density at radius 3 is 2.60 bits per heavy atom. The van der Waals surface area contributed by atoms with Crippen molar-refractivity contribution in [1.29, 1.82) is 0 Å². The average Bonchev–Trinajstić information content (AvgIpc) is 2.82. The first kappa shape index (κ1) is 18.1. The Hall–Kier alpha value is -1.73. The van der Waals surface area contributed by atoms with Crippen molar-refractivity contribution in [3.8, 4) is 0 Å². The lowest BCUT2D eigenvalue weighted by Crippen LogP contribution is -2.16. The van der Waals surface area contributed by atoms with Crippen molar-refractivity contribution in [3.05, 3.63) is 29.8 Å². The molecule has 134 valence electrons. The van der Waals surface area contributed by atoms with Crippen LogP contribution >= 0.6 is 11.3 Å². The number of nitrogens with zero attached hydrogens (tertiary/aromatic N) is 1. The van der Waals surface area contributed by atoms with Gasteiger partial charge in [-0.1, -0.05) is 36.8 Å². The first-order valence-corrected chi connectivity index (χ1v) is 10.8. The van der Waals surface area contributed by atoms with Crippen molar-refractivity contribution in [2.24, 2.45) is 17.3 Å². The van der Waals surface area contributed by atoms with Gasteiger partial charge >= 0.3 is 0 Å². The van der Waals surface area contributed by atoms with Crippen molar-refractivity contribution < 1.29 is 13.2 Å². The van der Waals surface area contributed by atoms with Crippen LogP contribution in [0.4, 0.5) is 5.13 Å². The standard InChI is InChI=1S/C18H22N2O3S2/c1-10(2)8-12-15(18(12,3)4)16(21)20-17-19-13-7-6-11(25(5,22)23)9-14(13)24-17/h6-9,12,15H,1-5H3,(H,19,20,21). The molecule has 0 saturated heterocycles. The highest BCUT2D eigenvalue weighted by Crippen LogP contribution is 2.59. The fourth-order valence-corrected chi connectivity index (χ4v) is 4.85. The van der Waals surface area contributed by atoms with E-state index in [1.165, 1.54) is 29.2 Å². The van der Waals surface area contributed by atoms with Gasteiger partial charge in [0.2, 0.25) is 5.91 Å². The van der Waals surface area contributed by atoms with Gasteiger partial charge in [-0.25, -0.2) is 13.4 Å². The first-order valence-electron chi connectivity index (χ1n) is 8.06. The fourth-order valence-electron chi connectivity index (χ4n) is 3.22. The van der Waals surface area contributed by atoms with Crippen LogP contribution in [0.15, 0.2) is 34.7 Å². The van der Waals surface area contributed by atoms with Crippen molar-refractivity contribution in [1.82, 2.24) is 4.98 Å². The highest BCUT2D eigenvalue weighted by atomic mass is 32.2. The van der Waals surface area contributed by atoms with Crippen molar-refractivity contribution in [2.75, 3.05) is 11.6 Å². The van der Waals surface area contributed by atoms with E-state index in [-0.39, 0.29) is 28.1 Å². The molecular formula is C18H22N2O3S2. The molecule has 1 fully saturated rings. The largest absolute Gasteiger partial charge is 0.302 e. The summed E-state index contributed by atoms with van der Waals surface area (Å²) in [5.74, 6) is 0.139. The van der Waals surface area contributed by atoms with Crippen molar-refractivity contribution >= 4 is 42.4 Å². The van der Waals surface area contributed by atoms with Crippen LogP contribution in [-0.4, -0.2) is 25.6 Å². The van der Waals surface area contributed by atoms with E-state index in [0.29, 0.717) is 10.6 Å². The number of hydrogen-bond donors (Lipinski definition) is 1. The van der Waals surface area contributed by atoms with Crippen molar-refractivity contribution in [3.63, 3.8) is 0 Å². The molecule has 7 heteroatoms. The van der Waals surface area contributed by atoms with E-state index in [1.807, 2.05) is 13.8 Å². The van der Waals surface area contributed by atoms with Gasteiger partial charge in [0.05, 0.1) is 21.0 Å². The predicted octanol–water partition coefficient (Wildman–Crippen LogP) is 3.88. The fraction of sp³-hybridized carbons (Fsp3) is 0.444. The lowest BCUT2D eigenvalue weighted by atomic mass is 10.1. The number of sulfone groups is 1. The minimum absolute atomic E-state index is 0.0325. The molecule has 1 heterocycles. The van der Waals surface area contributed by atoms with Gasteiger partial charge in [0.25, 0.3) is 0 Å². The van der Waals surface area contributed by atoms with E-state index < -0.39 is 9.84 Å². The maximum Gasteiger partial charge on any atom is 0.230 e. The molecule has 0 aliphatic heterocycles. The minimum Gasteiger partial charge on any atom is -0.302 e. The van der Waals surface area contributed by atoms with Crippen LogP contribution in [0, 0.1) is 17.3 Å². The van der Waals surface area contributed by atoms with Crippen LogP contribution in [0.5, 0.6) is 0 Å². The van der Waals surface area contributed by atoms with Crippen LogP contribution in [0.1, 0.15) is 27.7 Å². The van der Waals surface area contributed by atoms with Gasteiger partial charge in [0.15, 0.2) is 15.0 Å². The number of anilines is 1. The average molecular weight is 379 g/mol. The summed E-state index contributed by atoms with van der Waals surface area (Å²) in [5, 5.41) is 3.40. The molecule has 2 atom stereocenters. The number of carbonyl (C=O) groups excluding carboxylic acids is 1. The number of amides is 1. The molecule has 1 amide bonds. The SMILES string of the molecule is CC(C)=CC1C(C(=O)Nc2nc3ccc(S(C)(=O)=O)cc3s2)C1(C)C. The maximum absolute atomic E-state index is 12.6. The molecule has 0 bridgehead atoms. The number of carbonyl (C=O) groups is 1. The third kappa shape index (κ3) is 3.48. The van der Waals surface area contributed by atoms with Gasteiger partial charge < -0.3 is 5.32 Å². The Kier molecular flexibility index (Phi) is 4.28. The normalized spacial score (nSPS) is 21.8. The molecule has 0 spiro atoms. The van der Waals surface area contributed by atoms with Gasteiger partial charge in [-0.2, -0.15) is 0 Å². The Labute approximate surface area is 152 Å². The predicted molar refractivity (Wildman–Crippen MR) is 102 cm³/mol. The van der Waals surface area contributed by atoms with E-state index in [9.17, 15) is 13.2 Å². The Bertz CT molecular complexity index is 983. The number of aromatic nitrogens is 1. The van der Waals surface area contributed by atoms with Crippen LogP contribution in [0.25, 0.3) is 10.2 Å². The summed E-state index contributed by atoms with van der Waals surface area (Å²) in [6.45, 7) is 8.27. The molecule has 1 saturated carbocycles. The van der Waals surface area contributed by atoms with Crippen LogP contribution in [0.3, 0.4) is 0 Å². The van der Waals surface area contributed by atoms with E-state index in [0.717, 1.165) is 4.70 Å². The molecule has 0 radical (unpaired) electrons. The number of thiazole rings is 1. The lowest BCUT2D eigenvalue weighted by Gasteiger charge is -2.02. The molecular weight excluding hydrogens is 356 g/mol. The Balaban J connectivity index is 1.82. The van der Waals surface area contributed by atoms with Gasteiger partial charge in [-0.05, 0) is 43.4 Å². The zero-order valence-electron chi connectivity index (χ0n) is 15.0. The molecule has 1 aromatic heterocycles. The number of fused-ring (bicyclic) bond motifs is 1. The van der Waals surface area contributed by atoms with E-state index >= 15 is 0 Å². The summed E-state index contributed by atoms with van der Waals surface area (Å²) < 4.78 is 24.1. The van der Waals surface area contributed by atoms with E-state index in [2.05, 4.69) is 30.2 Å². The summed E-state index contributed by atoms with van der Waals surface area (Å²) >= 11 is 1.29. The molecule has 5 nitrogen and oxygen atoms in total. The van der Waals surface area contributed by atoms with Gasteiger partial charge in [-0.15, -0.1) is 0 Å². The smallest absolute Gasteiger partial charge is 0.230 e. The summed E-state index contributed by atoms with van der Waals surface area (Å²) in [5.41, 5.74) is 1.84. The third-order valence-electron chi connectivity index (χ3n) is 4.72. The highest BCUT2D eigenvalue weighted by molar-refractivity contribution is 7.90. The molecule has 3 rings (SSSR count). The van der Waals surface area contributed by atoms with Gasteiger partial charge in [0, 0.05) is 6.26 Å². The second kappa shape index (κ2) is 5.92. The molecule has 1 aliphatic carbocycles.